The number of ether oxygens (including phenoxy) is 3. The summed E-state index contributed by atoms with van der Waals surface area (Å²) < 4.78 is 15.8. The molecule has 9 nitrogen and oxygen atoms in total. The fourth-order valence-electron chi connectivity index (χ4n) is 2.50. The van der Waals surface area contributed by atoms with Gasteiger partial charge in [-0.25, -0.2) is 4.98 Å². The Morgan fingerprint density at radius 3 is 2.30 bits per heavy atom. The number of rotatable bonds is 10. The zero-order valence-corrected chi connectivity index (χ0v) is 18.9. The standard InChI is InChI=1S/C20H28N4O5S/c1-12(2)24(3)8-7-21-19(26)14-11-30-20(22-14)23-18(25)13-9-16(28-5)17(29-6)10-15(13)27-4/h9-12H,7-8H2,1-6H3,(H,21,26)(H,22,23,25). The molecule has 1 aromatic heterocycles. The van der Waals surface area contributed by atoms with Crippen LogP contribution in [0, 0.1) is 0 Å². The van der Waals surface area contributed by atoms with Gasteiger partial charge >= 0.3 is 0 Å². The minimum atomic E-state index is -0.437. The molecule has 0 aliphatic carbocycles. The van der Waals surface area contributed by atoms with Crippen LogP contribution in [0.2, 0.25) is 0 Å². The SMILES string of the molecule is COc1cc(OC)c(C(=O)Nc2nc(C(=O)NCCN(C)C(C)C)cs2)cc1OC. The van der Waals surface area contributed by atoms with Gasteiger partial charge in [-0.1, -0.05) is 0 Å². The molecule has 0 fully saturated rings. The van der Waals surface area contributed by atoms with Crippen molar-refractivity contribution in [2.24, 2.45) is 0 Å². The molecule has 2 rings (SSSR count). The molecule has 0 saturated heterocycles. The fourth-order valence-corrected chi connectivity index (χ4v) is 3.19. The first kappa shape index (κ1) is 23.4. The van der Waals surface area contributed by atoms with E-state index < -0.39 is 5.91 Å². The lowest BCUT2D eigenvalue weighted by atomic mass is 10.1. The molecule has 2 amide bonds. The molecule has 0 spiro atoms. The fraction of sp³-hybridized carbons (Fsp3) is 0.450. The van der Waals surface area contributed by atoms with Crippen LogP contribution in [0.1, 0.15) is 34.7 Å². The largest absolute Gasteiger partial charge is 0.496 e. The monoisotopic (exact) mass is 436 g/mol. The zero-order valence-electron chi connectivity index (χ0n) is 18.1. The Morgan fingerprint density at radius 2 is 1.70 bits per heavy atom. The maximum atomic E-state index is 12.7. The number of aromatic nitrogens is 1. The van der Waals surface area contributed by atoms with Crippen LogP contribution >= 0.6 is 11.3 Å². The summed E-state index contributed by atoms with van der Waals surface area (Å²) >= 11 is 1.17. The summed E-state index contributed by atoms with van der Waals surface area (Å²) in [5.74, 6) is 0.449. The number of thiazole rings is 1. The van der Waals surface area contributed by atoms with Crippen LogP contribution in [0.25, 0.3) is 0 Å². The Hall–Kier alpha value is -2.85. The highest BCUT2D eigenvalue weighted by molar-refractivity contribution is 7.14. The third-order valence-corrected chi connectivity index (χ3v) is 5.30. The lowest BCUT2D eigenvalue weighted by molar-refractivity contribution is 0.0942. The van der Waals surface area contributed by atoms with E-state index in [1.807, 2.05) is 7.05 Å². The lowest BCUT2D eigenvalue weighted by Gasteiger charge is -2.20. The minimum Gasteiger partial charge on any atom is -0.496 e. The summed E-state index contributed by atoms with van der Waals surface area (Å²) in [6.07, 6.45) is 0. The van der Waals surface area contributed by atoms with E-state index in [1.54, 1.807) is 11.4 Å². The summed E-state index contributed by atoms with van der Waals surface area (Å²) in [4.78, 5) is 31.3. The van der Waals surface area contributed by atoms with Crippen LogP contribution in [-0.2, 0) is 0 Å². The van der Waals surface area contributed by atoms with Gasteiger partial charge in [-0.05, 0) is 20.9 Å². The molecule has 1 heterocycles. The maximum Gasteiger partial charge on any atom is 0.270 e. The highest BCUT2D eigenvalue weighted by Gasteiger charge is 2.19. The third-order valence-electron chi connectivity index (χ3n) is 4.54. The van der Waals surface area contributed by atoms with Gasteiger partial charge in [0.15, 0.2) is 16.6 Å². The number of nitrogens with zero attached hydrogens (tertiary/aromatic N) is 2. The second-order valence-electron chi connectivity index (χ2n) is 6.73. The molecule has 0 radical (unpaired) electrons. The van der Waals surface area contributed by atoms with Gasteiger partial charge in [0.1, 0.15) is 11.4 Å². The van der Waals surface area contributed by atoms with Gasteiger partial charge in [0.25, 0.3) is 11.8 Å². The Kier molecular flexibility index (Phi) is 8.43. The van der Waals surface area contributed by atoms with Crippen molar-refractivity contribution < 1.29 is 23.8 Å². The summed E-state index contributed by atoms with van der Waals surface area (Å²) in [7, 11) is 6.44. The van der Waals surface area contributed by atoms with Gasteiger partial charge in [-0.15, -0.1) is 11.3 Å². The molecule has 0 saturated carbocycles. The number of nitrogens with one attached hydrogen (secondary N) is 2. The molecular weight excluding hydrogens is 408 g/mol. The van der Waals surface area contributed by atoms with E-state index in [-0.39, 0.29) is 17.2 Å². The second kappa shape index (κ2) is 10.8. The average molecular weight is 437 g/mol. The Labute approximate surface area is 180 Å². The van der Waals surface area contributed by atoms with Gasteiger partial charge in [-0.3, -0.25) is 14.9 Å². The molecule has 0 bridgehead atoms. The number of carbonyl (C=O) groups is 2. The van der Waals surface area contributed by atoms with E-state index >= 15 is 0 Å². The van der Waals surface area contributed by atoms with Crippen molar-refractivity contribution in [3.8, 4) is 17.2 Å². The second-order valence-corrected chi connectivity index (χ2v) is 7.59. The van der Waals surface area contributed by atoms with Crippen molar-refractivity contribution >= 4 is 28.3 Å². The van der Waals surface area contributed by atoms with E-state index in [0.29, 0.717) is 35.0 Å². The molecule has 0 atom stereocenters. The molecule has 0 aliphatic rings. The first-order valence-corrected chi connectivity index (χ1v) is 10.2. The van der Waals surface area contributed by atoms with E-state index in [0.717, 1.165) is 6.54 Å². The smallest absolute Gasteiger partial charge is 0.270 e. The first-order valence-electron chi connectivity index (χ1n) is 9.36. The number of likely N-dealkylation sites (N-methyl/N-ethyl adjacent to an activating group) is 1. The summed E-state index contributed by atoms with van der Waals surface area (Å²) in [5.41, 5.74) is 0.509. The van der Waals surface area contributed by atoms with Gasteiger partial charge in [0, 0.05) is 36.6 Å². The molecule has 2 N–H and O–H groups in total. The van der Waals surface area contributed by atoms with E-state index in [4.69, 9.17) is 14.2 Å². The number of hydrogen-bond acceptors (Lipinski definition) is 8. The molecule has 2 aromatic rings. The number of methoxy groups -OCH3 is 3. The predicted octanol–water partition coefficient (Wildman–Crippen LogP) is 2.49. The Balaban J connectivity index is 2.05. The molecule has 1 aromatic carbocycles. The summed E-state index contributed by atoms with van der Waals surface area (Å²) in [6, 6.07) is 3.50. The third kappa shape index (κ3) is 5.83. The molecule has 10 heteroatoms. The maximum absolute atomic E-state index is 12.7. The summed E-state index contributed by atoms with van der Waals surface area (Å²) in [5, 5.41) is 7.43. The Morgan fingerprint density at radius 1 is 1.07 bits per heavy atom. The van der Waals surface area contributed by atoms with Crippen LogP contribution < -0.4 is 24.8 Å². The van der Waals surface area contributed by atoms with E-state index in [9.17, 15) is 9.59 Å². The van der Waals surface area contributed by atoms with Gasteiger partial charge in [0.05, 0.1) is 26.9 Å². The summed E-state index contributed by atoms with van der Waals surface area (Å²) in [6.45, 7) is 5.42. The van der Waals surface area contributed by atoms with Gasteiger partial charge in [-0.2, -0.15) is 0 Å². The number of amides is 2. The zero-order chi connectivity index (χ0) is 22.3. The number of hydrogen-bond donors (Lipinski definition) is 2. The van der Waals surface area contributed by atoms with Crippen molar-refractivity contribution in [2.45, 2.75) is 19.9 Å². The van der Waals surface area contributed by atoms with Crippen molar-refractivity contribution in [3.05, 3.63) is 28.8 Å². The average Bonchev–Trinajstić information content (AvgIpc) is 3.20. The van der Waals surface area contributed by atoms with Crippen LogP contribution in [0.4, 0.5) is 5.13 Å². The number of benzene rings is 1. The quantitative estimate of drug-likeness (QED) is 0.590. The van der Waals surface area contributed by atoms with E-state index in [2.05, 4.69) is 34.4 Å². The minimum absolute atomic E-state index is 0.252. The Bertz CT molecular complexity index is 884. The molecule has 30 heavy (non-hydrogen) atoms. The van der Waals surface area contributed by atoms with Crippen molar-refractivity contribution in [1.82, 2.24) is 15.2 Å². The molecule has 0 aliphatic heterocycles. The highest BCUT2D eigenvalue weighted by Crippen LogP contribution is 2.35. The van der Waals surface area contributed by atoms with Crippen molar-refractivity contribution in [3.63, 3.8) is 0 Å². The van der Waals surface area contributed by atoms with Crippen LogP contribution in [0.15, 0.2) is 17.5 Å². The molecule has 0 unspecified atom stereocenters. The van der Waals surface area contributed by atoms with Crippen molar-refractivity contribution in [2.75, 3.05) is 46.8 Å². The highest BCUT2D eigenvalue weighted by atomic mass is 32.1. The van der Waals surface area contributed by atoms with Gasteiger partial charge < -0.3 is 24.4 Å². The lowest BCUT2D eigenvalue weighted by Crippen LogP contribution is -2.36. The molecule has 164 valence electrons. The topological polar surface area (TPSA) is 102 Å². The normalized spacial score (nSPS) is 10.8. The first-order chi connectivity index (χ1) is 14.3. The van der Waals surface area contributed by atoms with Gasteiger partial charge in [0.2, 0.25) is 0 Å². The van der Waals surface area contributed by atoms with Crippen LogP contribution in [0.5, 0.6) is 17.2 Å². The number of carbonyl (C=O) groups excluding carboxylic acids is 2. The predicted molar refractivity (Wildman–Crippen MR) is 116 cm³/mol. The van der Waals surface area contributed by atoms with Crippen LogP contribution in [0.3, 0.4) is 0 Å². The van der Waals surface area contributed by atoms with Crippen molar-refractivity contribution in [1.29, 1.82) is 0 Å². The van der Waals surface area contributed by atoms with E-state index in [1.165, 1.54) is 38.7 Å². The van der Waals surface area contributed by atoms with Crippen LogP contribution in [-0.4, -0.2) is 69.2 Å². The number of anilines is 1. The molecular formula is C20H28N4O5S.